The number of benzene rings is 1. The van der Waals surface area contributed by atoms with Crippen molar-refractivity contribution in [2.45, 2.75) is 13.3 Å². The van der Waals surface area contributed by atoms with Crippen molar-refractivity contribution in [1.82, 2.24) is 0 Å². The van der Waals surface area contributed by atoms with Crippen molar-refractivity contribution in [3.8, 4) is 0 Å². The molecule has 0 aliphatic heterocycles. The van der Waals surface area contributed by atoms with Crippen LogP contribution in [0, 0.1) is 0 Å². The van der Waals surface area contributed by atoms with Crippen LogP contribution in [0.1, 0.15) is 27.0 Å². The fourth-order valence-electron chi connectivity index (χ4n) is 1.58. The van der Waals surface area contributed by atoms with Crippen LogP contribution in [0.5, 0.6) is 0 Å². The van der Waals surface area contributed by atoms with Gasteiger partial charge in [0.1, 0.15) is 0 Å². The largest absolute Gasteiger partial charge is 0.399 e. The Balaban J connectivity index is 2.36. The van der Waals surface area contributed by atoms with Gasteiger partial charge in [-0.3, -0.25) is 4.79 Å². The Morgan fingerprint density at radius 3 is 2.71 bits per heavy atom. The summed E-state index contributed by atoms with van der Waals surface area (Å²) >= 11 is 7.40. The quantitative estimate of drug-likeness (QED) is 0.678. The first-order valence-corrected chi connectivity index (χ1v) is 6.49. The maximum absolute atomic E-state index is 12.2. The molecule has 0 unspecified atom stereocenters. The Bertz CT molecular complexity index is 542. The van der Waals surface area contributed by atoms with Gasteiger partial charge in [0, 0.05) is 21.2 Å². The molecule has 88 valence electrons. The van der Waals surface area contributed by atoms with Crippen LogP contribution >= 0.6 is 22.9 Å². The summed E-state index contributed by atoms with van der Waals surface area (Å²) in [7, 11) is 0. The van der Waals surface area contributed by atoms with E-state index in [2.05, 4.69) is 6.92 Å². The van der Waals surface area contributed by atoms with Crippen molar-refractivity contribution in [1.29, 1.82) is 0 Å². The molecule has 0 atom stereocenters. The molecule has 0 spiro atoms. The zero-order valence-corrected chi connectivity index (χ0v) is 10.9. The first-order chi connectivity index (χ1) is 8.10. The third-order valence-corrected chi connectivity index (χ3v) is 3.86. The highest BCUT2D eigenvalue weighted by Crippen LogP contribution is 2.23. The third kappa shape index (κ3) is 2.68. The SMILES string of the molecule is CCc1ccc(C(=O)c2cc(N)cc(Cl)c2)s1. The van der Waals surface area contributed by atoms with Crippen molar-refractivity contribution >= 4 is 34.4 Å². The van der Waals surface area contributed by atoms with Gasteiger partial charge in [-0.1, -0.05) is 18.5 Å². The number of aryl methyl sites for hydroxylation is 1. The number of halogens is 1. The van der Waals surface area contributed by atoms with Crippen LogP contribution < -0.4 is 5.73 Å². The molecule has 4 heteroatoms. The third-order valence-electron chi connectivity index (χ3n) is 2.42. The minimum Gasteiger partial charge on any atom is -0.399 e. The van der Waals surface area contributed by atoms with Gasteiger partial charge in [0.25, 0.3) is 0 Å². The van der Waals surface area contributed by atoms with E-state index in [1.165, 1.54) is 16.2 Å². The van der Waals surface area contributed by atoms with Crippen molar-refractivity contribution in [3.05, 3.63) is 50.7 Å². The molecule has 0 saturated heterocycles. The zero-order valence-electron chi connectivity index (χ0n) is 9.37. The number of hydrogen-bond donors (Lipinski definition) is 1. The molecule has 2 N–H and O–H groups in total. The number of carbonyl (C=O) groups excluding carboxylic acids is 1. The summed E-state index contributed by atoms with van der Waals surface area (Å²) in [6, 6.07) is 8.75. The number of anilines is 1. The molecule has 0 aliphatic carbocycles. The second-order valence-electron chi connectivity index (χ2n) is 3.72. The summed E-state index contributed by atoms with van der Waals surface area (Å²) in [5.74, 6) is -0.0242. The summed E-state index contributed by atoms with van der Waals surface area (Å²) in [6.07, 6.45) is 0.940. The number of rotatable bonds is 3. The molecular weight excluding hydrogens is 254 g/mol. The van der Waals surface area contributed by atoms with Crippen LogP contribution in [0.3, 0.4) is 0 Å². The number of nitrogen functional groups attached to an aromatic ring is 1. The Morgan fingerprint density at radius 2 is 2.12 bits per heavy atom. The van der Waals surface area contributed by atoms with Crippen molar-refractivity contribution in [3.63, 3.8) is 0 Å². The second kappa shape index (κ2) is 4.90. The normalized spacial score (nSPS) is 10.5. The summed E-state index contributed by atoms with van der Waals surface area (Å²) < 4.78 is 0. The minimum atomic E-state index is -0.0242. The molecule has 1 aromatic carbocycles. The van der Waals surface area contributed by atoms with Crippen LogP contribution in [-0.2, 0) is 6.42 Å². The minimum absolute atomic E-state index is 0.0242. The predicted octanol–water partition coefficient (Wildman–Crippen LogP) is 3.78. The fourth-order valence-corrected chi connectivity index (χ4v) is 2.73. The van der Waals surface area contributed by atoms with Gasteiger partial charge in [0.05, 0.1) is 4.88 Å². The van der Waals surface area contributed by atoms with E-state index in [-0.39, 0.29) is 5.78 Å². The highest BCUT2D eigenvalue weighted by atomic mass is 35.5. The molecular formula is C13H12ClNOS. The molecule has 2 nitrogen and oxygen atoms in total. The first-order valence-electron chi connectivity index (χ1n) is 5.29. The standard InChI is InChI=1S/C13H12ClNOS/c1-2-11-3-4-12(17-11)13(16)8-5-9(14)7-10(15)6-8/h3-7H,2,15H2,1H3. The Kier molecular flexibility index (Phi) is 3.50. The van der Waals surface area contributed by atoms with Gasteiger partial charge in [-0.05, 0) is 36.8 Å². The average Bonchev–Trinajstić information content (AvgIpc) is 2.75. The van der Waals surface area contributed by atoms with Gasteiger partial charge in [-0.25, -0.2) is 0 Å². The van der Waals surface area contributed by atoms with Crippen LogP contribution in [0.2, 0.25) is 5.02 Å². The van der Waals surface area contributed by atoms with Crippen molar-refractivity contribution in [2.75, 3.05) is 5.73 Å². The molecule has 1 heterocycles. The molecule has 1 aromatic heterocycles. The Hall–Kier alpha value is -1.32. The summed E-state index contributed by atoms with van der Waals surface area (Å²) in [4.78, 5) is 14.1. The lowest BCUT2D eigenvalue weighted by Crippen LogP contribution is -1.99. The lowest BCUT2D eigenvalue weighted by atomic mass is 10.1. The molecule has 2 aromatic rings. The summed E-state index contributed by atoms with van der Waals surface area (Å²) in [6.45, 7) is 2.07. The maximum Gasteiger partial charge on any atom is 0.203 e. The summed E-state index contributed by atoms with van der Waals surface area (Å²) in [5, 5.41) is 0.487. The van der Waals surface area contributed by atoms with Gasteiger partial charge >= 0.3 is 0 Å². The monoisotopic (exact) mass is 265 g/mol. The lowest BCUT2D eigenvalue weighted by Gasteiger charge is -2.01. The number of thiophene rings is 1. The van der Waals surface area contributed by atoms with Crippen LogP contribution in [0.25, 0.3) is 0 Å². The molecule has 0 amide bonds. The highest BCUT2D eigenvalue weighted by Gasteiger charge is 2.12. The summed E-state index contributed by atoms with van der Waals surface area (Å²) in [5.41, 5.74) is 6.72. The van der Waals surface area contributed by atoms with Crippen molar-refractivity contribution in [2.24, 2.45) is 0 Å². The van der Waals surface area contributed by atoms with E-state index in [1.54, 1.807) is 18.2 Å². The van der Waals surface area contributed by atoms with Gasteiger partial charge < -0.3 is 5.73 Å². The second-order valence-corrected chi connectivity index (χ2v) is 5.33. The van der Waals surface area contributed by atoms with Gasteiger partial charge in [0.15, 0.2) is 0 Å². The molecule has 0 fully saturated rings. The average molecular weight is 266 g/mol. The van der Waals surface area contributed by atoms with E-state index in [0.717, 1.165) is 11.3 Å². The van der Waals surface area contributed by atoms with E-state index >= 15 is 0 Å². The first kappa shape index (κ1) is 12.1. The molecule has 0 radical (unpaired) electrons. The number of hydrogen-bond acceptors (Lipinski definition) is 3. The number of carbonyl (C=O) groups is 1. The van der Waals surface area contributed by atoms with E-state index in [1.807, 2.05) is 12.1 Å². The highest BCUT2D eigenvalue weighted by molar-refractivity contribution is 7.14. The zero-order chi connectivity index (χ0) is 12.4. The number of nitrogens with two attached hydrogens (primary N) is 1. The van der Waals surface area contributed by atoms with E-state index in [0.29, 0.717) is 16.3 Å². The lowest BCUT2D eigenvalue weighted by molar-refractivity contribution is 0.104. The fraction of sp³-hybridized carbons (Fsp3) is 0.154. The Morgan fingerprint density at radius 1 is 1.35 bits per heavy atom. The number of ketones is 1. The molecule has 0 bridgehead atoms. The Labute approximate surface area is 109 Å². The molecule has 0 saturated carbocycles. The molecule has 2 rings (SSSR count). The molecule has 0 aliphatic rings. The van der Waals surface area contributed by atoms with Crippen LogP contribution in [0.15, 0.2) is 30.3 Å². The van der Waals surface area contributed by atoms with Crippen LogP contribution in [-0.4, -0.2) is 5.78 Å². The molecule has 17 heavy (non-hydrogen) atoms. The van der Waals surface area contributed by atoms with E-state index in [4.69, 9.17) is 17.3 Å². The van der Waals surface area contributed by atoms with Gasteiger partial charge in [0.2, 0.25) is 5.78 Å². The predicted molar refractivity (Wildman–Crippen MR) is 73.0 cm³/mol. The smallest absolute Gasteiger partial charge is 0.203 e. The van der Waals surface area contributed by atoms with Gasteiger partial charge in [-0.2, -0.15) is 0 Å². The van der Waals surface area contributed by atoms with Gasteiger partial charge in [-0.15, -0.1) is 11.3 Å². The van der Waals surface area contributed by atoms with E-state index < -0.39 is 0 Å². The topological polar surface area (TPSA) is 43.1 Å². The van der Waals surface area contributed by atoms with Crippen molar-refractivity contribution < 1.29 is 4.79 Å². The van der Waals surface area contributed by atoms with Crippen LogP contribution in [0.4, 0.5) is 5.69 Å². The maximum atomic E-state index is 12.2. The van der Waals surface area contributed by atoms with E-state index in [9.17, 15) is 4.79 Å².